The third-order valence-corrected chi connectivity index (χ3v) is 7.81. The van der Waals surface area contributed by atoms with Crippen molar-refractivity contribution in [3.8, 4) is 17.0 Å². The second kappa shape index (κ2) is 8.13. The van der Waals surface area contributed by atoms with Gasteiger partial charge in [-0.2, -0.15) is 0 Å². The number of phenolic OH excluding ortho intramolecular Hbond substituents is 1. The van der Waals surface area contributed by atoms with Crippen LogP contribution < -0.4 is 20.0 Å². The number of fused-ring (bicyclic) bond motifs is 2. The minimum absolute atomic E-state index is 0.152. The summed E-state index contributed by atoms with van der Waals surface area (Å²) in [5, 5.41) is 19.8. The van der Waals surface area contributed by atoms with Gasteiger partial charge in [-0.25, -0.2) is 0 Å². The van der Waals surface area contributed by atoms with Crippen LogP contribution in [0.4, 0.5) is 5.69 Å². The van der Waals surface area contributed by atoms with E-state index in [-0.39, 0.29) is 15.0 Å². The maximum absolute atomic E-state index is 10.0. The zero-order valence-corrected chi connectivity index (χ0v) is 18.1. The summed E-state index contributed by atoms with van der Waals surface area (Å²) < 4.78 is 4.73. The molecule has 0 radical (unpaired) electrons. The van der Waals surface area contributed by atoms with E-state index in [1.807, 2.05) is 12.1 Å². The number of phenols is 1. The van der Waals surface area contributed by atoms with Crippen molar-refractivity contribution in [2.75, 3.05) is 38.0 Å². The Morgan fingerprint density at radius 1 is 1.21 bits per heavy atom. The van der Waals surface area contributed by atoms with Crippen molar-refractivity contribution in [2.45, 2.75) is 20.4 Å². The van der Waals surface area contributed by atoms with Crippen LogP contribution in [-0.4, -0.2) is 67.5 Å². The molecule has 6 nitrogen and oxygen atoms in total. The van der Waals surface area contributed by atoms with Crippen molar-refractivity contribution in [1.29, 1.82) is 0 Å². The van der Waals surface area contributed by atoms with Crippen molar-refractivity contribution >= 4 is 40.5 Å². The van der Waals surface area contributed by atoms with Crippen molar-refractivity contribution in [3.05, 3.63) is 30.3 Å². The average molecular weight is 444 g/mol. The second-order valence-electron chi connectivity index (χ2n) is 6.93. The van der Waals surface area contributed by atoms with E-state index in [0.717, 1.165) is 49.7 Å². The van der Waals surface area contributed by atoms with Gasteiger partial charge in [-0.3, -0.25) is 0 Å². The van der Waals surface area contributed by atoms with Gasteiger partial charge in [0, 0.05) is 0 Å². The molecule has 0 saturated heterocycles. The fourth-order valence-corrected chi connectivity index (χ4v) is 6.20. The predicted octanol–water partition coefficient (Wildman–Crippen LogP) is 1.09. The Morgan fingerprint density at radius 3 is 2.79 bits per heavy atom. The van der Waals surface area contributed by atoms with E-state index in [1.54, 1.807) is 6.07 Å². The first-order valence-electron chi connectivity index (χ1n) is 9.87. The van der Waals surface area contributed by atoms with Gasteiger partial charge < -0.3 is 0 Å². The van der Waals surface area contributed by atoms with E-state index in [9.17, 15) is 5.11 Å². The molecule has 0 bridgehead atoms. The summed E-state index contributed by atoms with van der Waals surface area (Å²) in [7, 11) is 0. The summed E-state index contributed by atoms with van der Waals surface area (Å²) in [6.45, 7) is 9.66. The summed E-state index contributed by atoms with van der Waals surface area (Å²) in [6, 6.07) is 10.0. The molecule has 1 aromatic heterocycles. The van der Waals surface area contributed by atoms with Gasteiger partial charge in [-0.05, 0) is 0 Å². The number of nitrogens with zero attached hydrogens (tertiary/aromatic N) is 3. The van der Waals surface area contributed by atoms with Crippen LogP contribution in [0.15, 0.2) is 30.3 Å². The monoisotopic (exact) mass is 445 g/mol. The zero-order chi connectivity index (χ0) is 19.7. The number of aromatic hydroxyl groups is 1. The Hall–Kier alpha value is -2.05. The molecule has 148 valence electrons. The number of hydrogen-bond donors (Lipinski definition) is 3. The van der Waals surface area contributed by atoms with Gasteiger partial charge in [-0.15, -0.1) is 0 Å². The third-order valence-electron chi connectivity index (χ3n) is 5.28. The minimum atomic E-state index is 0.152. The van der Waals surface area contributed by atoms with Crippen molar-refractivity contribution in [3.63, 3.8) is 0 Å². The van der Waals surface area contributed by atoms with Crippen molar-refractivity contribution in [2.24, 2.45) is 5.73 Å². The molecule has 0 amide bonds. The molecule has 7 heteroatoms. The molecular formula is C21H27N5OSe. The number of nitrogens with one attached hydrogen (secondary N) is 1. The molecule has 28 heavy (non-hydrogen) atoms. The summed E-state index contributed by atoms with van der Waals surface area (Å²) in [4.78, 5) is 2.41. The number of benzene rings is 2. The number of anilines is 1. The van der Waals surface area contributed by atoms with Crippen LogP contribution in [-0.2, 0) is 6.54 Å². The molecule has 1 aliphatic rings. The van der Waals surface area contributed by atoms with Gasteiger partial charge in [0.25, 0.3) is 0 Å². The third kappa shape index (κ3) is 3.40. The molecule has 3 aromatic rings. The Morgan fingerprint density at radius 2 is 2.04 bits per heavy atom. The van der Waals surface area contributed by atoms with E-state index < -0.39 is 0 Å². The fourth-order valence-electron chi connectivity index (χ4n) is 3.73. The molecule has 2 heterocycles. The van der Waals surface area contributed by atoms with Gasteiger partial charge in [0.2, 0.25) is 0 Å². The first-order valence-corrected chi connectivity index (χ1v) is 11.6. The van der Waals surface area contributed by atoms with E-state index in [2.05, 4.69) is 40.9 Å². The summed E-state index contributed by atoms with van der Waals surface area (Å²) in [5.41, 5.74) is 10.1. The molecule has 0 saturated carbocycles. The van der Waals surface area contributed by atoms with Crippen LogP contribution >= 0.6 is 0 Å². The summed E-state index contributed by atoms with van der Waals surface area (Å²) >= 11 is 0.152. The van der Waals surface area contributed by atoms with E-state index >= 15 is 0 Å². The van der Waals surface area contributed by atoms with Gasteiger partial charge in [-0.1, -0.05) is 0 Å². The molecule has 4 rings (SSSR count). The van der Waals surface area contributed by atoms with Crippen LogP contribution in [0, 0.1) is 0 Å². The quantitative estimate of drug-likeness (QED) is 0.355. The molecular weight excluding hydrogens is 417 g/mol. The molecule has 0 aliphatic carbocycles. The maximum atomic E-state index is 10.0. The van der Waals surface area contributed by atoms with Crippen LogP contribution in [0.1, 0.15) is 13.8 Å². The van der Waals surface area contributed by atoms with Crippen molar-refractivity contribution < 1.29 is 5.11 Å². The van der Waals surface area contributed by atoms with Crippen LogP contribution in [0.5, 0.6) is 5.75 Å². The van der Waals surface area contributed by atoms with Gasteiger partial charge >= 0.3 is 172 Å². The number of rotatable bonds is 8. The SMILES string of the molecule is CCN(CC)CCn1nc2c3c(c(NCCN)ccc31)[Se]c1ccc(O)cc1-2. The molecule has 0 atom stereocenters. The van der Waals surface area contributed by atoms with E-state index in [4.69, 9.17) is 10.8 Å². The molecule has 2 aromatic carbocycles. The summed E-state index contributed by atoms with van der Waals surface area (Å²) in [5.74, 6) is 0.293. The van der Waals surface area contributed by atoms with Crippen molar-refractivity contribution in [1.82, 2.24) is 14.7 Å². The Labute approximate surface area is 171 Å². The van der Waals surface area contributed by atoms with E-state index in [0.29, 0.717) is 12.3 Å². The molecule has 0 unspecified atom stereocenters. The standard InChI is InChI=1S/C21H27N5OSe/c1-3-25(4-2)11-12-26-17-7-6-16(23-10-9-22)21-19(17)20(24-26)15-13-14(27)5-8-18(15)28-21/h5-8,13,23,27H,3-4,9-12,22H2,1-2H3. The first-order chi connectivity index (χ1) is 13.7. The average Bonchev–Trinajstić information content (AvgIpc) is 3.08. The van der Waals surface area contributed by atoms with E-state index in [1.165, 1.54) is 19.8 Å². The predicted molar refractivity (Wildman–Crippen MR) is 117 cm³/mol. The molecule has 0 fully saturated rings. The zero-order valence-electron chi connectivity index (χ0n) is 16.4. The topological polar surface area (TPSA) is 79.3 Å². The normalized spacial score (nSPS) is 12.6. The van der Waals surface area contributed by atoms with Crippen LogP contribution in [0.3, 0.4) is 0 Å². The summed E-state index contributed by atoms with van der Waals surface area (Å²) in [6.07, 6.45) is 0. The van der Waals surface area contributed by atoms with Gasteiger partial charge in [0.1, 0.15) is 0 Å². The van der Waals surface area contributed by atoms with Crippen LogP contribution in [0.25, 0.3) is 22.2 Å². The first kappa shape index (κ1) is 19.3. The Bertz CT molecular complexity index is 996. The Kier molecular flexibility index (Phi) is 5.60. The fraction of sp³-hybridized carbons (Fsp3) is 0.381. The Balaban J connectivity index is 1.84. The number of aromatic nitrogens is 2. The number of hydrogen-bond acceptors (Lipinski definition) is 5. The van der Waals surface area contributed by atoms with Gasteiger partial charge in [0.15, 0.2) is 0 Å². The number of likely N-dealkylation sites (N-methyl/N-ethyl adjacent to an activating group) is 1. The van der Waals surface area contributed by atoms with Gasteiger partial charge in [0.05, 0.1) is 0 Å². The molecule has 1 aliphatic heterocycles. The molecule has 4 N–H and O–H groups in total. The number of nitrogens with two attached hydrogens (primary N) is 1. The molecule has 0 spiro atoms. The van der Waals surface area contributed by atoms with Crippen LogP contribution in [0.2, 0.25) is 0 Å². The second-order valence-corrected chi connectivity index (χ2v) is 9.14.